The highest BCUT2D eigenvalue weighted by atomic mass is 79.9. The van der Waals surface area contributed by atoms with Crippen LogP contribution < -0.4 is 0 Å². The van der Waals surface area contributed by atoms with Gasteiger partial charge in [0.15, 0.2) is 0 Å². The molecule has 0 radical (unpaired) electrons. The van der Waals surface area contributed by atoms with Crippen LogP contribution in [0.3, 0.4) is 0 Å². The molecule has 0 spiro atoms. The van der Waals surface area contributed by atoms with Gasteiger partial charge in [0.1, 0.15) is 0 Å². The summed E-state index contributed by atoms with van der Waals surface area (Å²) in [7, 11) is 0. The van der Waals surface area contributed by atoms with Gasteiger partial charge in [-0.3, -0.25) is 0 Å². The van der Waals surface area contributed by atoms with Crippen LogP contribution in [0.2, 0.25) is 0 Å². The molecule has 13 heavy (non-hydrogen) atoms. The van der Waals surface area contributed by atoms with Gasteiger partial charge >= 0.3 is 0 Å². The second-order valence-corrected chi connectivity index (χ2v) is 6.82. The molecule has 1 saturated heterocycles. The fourth-order valence-corrected chi connectivity index (χ4v) is 2.94. The van der Waals surface area contributed by atoms with Gasteiger partial charge < -0.3 is 4.90 Å². The first-order chi connectivity index (χ1) is 6.03. The highest BCUT2D eigenvalue weighted by Gasteiger charge is 2.23. The minimum Gasteiger partial charge on any atom is -0.301 e. The zero-order valence-corrected chi connectivity index (χ0v) is 11.2. The standard InChI is InChI=1S/C10H20BrNS/c1-9-6-12(4-5-13-9)8-10(2,3)7-11/h9H,4-8H2,1-3H3. The number of halogens is 1. The average Bonchev–Trinajstić information content (AvgIpc) is 2.03. The Morgan fingerprint density at radius 2 is 2.23 bits per heavy atom. The van der Waals surface area contributed by atoms with Gasteiger partial charge in [-0.2, -0.15) is 11.8 Å². The first kappa shape index (κ1) is 11.9. The molecule has 1 unspecified atom stereocenters. The van der Waals surface area contributed by atoms with Crippen molar-refractivity contribution in [2.24, 2.45) is 5.41 Å². The maximum atomic E-state index is 3.58. The van der Waals surface area contributed by atoms with Crippen LogP contribution in [0.5, 0.6) is 0 Å². The predicted octanol–water partition coefficient (Wildman–Crippen LogP) is 2.84. The van der Waals surface area contributed by atoms with Gasteiger partial charge in [-0.1, -0.05) is 36.7 Å². The number of hydrogen-bond donors (Lipinski definition) is 0. The molecule has 1 aliphatic rings. The highest BCUT2D eigenvalue weighted by Crippen LogP contribution is 2.24. The maximum absolute atomic E-state index is 3.58. The van der Waals surface area contributed by atoms with Gasteiger partial charge in [-0.05, 0) is 5.41 Å². The Morgan fingerprint density at radius 1 is 1.54 bits per heavy atom. The van der Waals surface area contributed by atoms with Gasteiger partial charge in [0, 0.05) is 36.0 Å². The molecule has 0 aromatic heterocycles. The summed E-state index contributed by atoms with van der Waals surface area (Å²) in [5.74, 6) is 1.31. The van der Waals surface area contributed by atoms with E-state index in [1.165, 1.54) is 25.4 Å². The smallest absolute Gasteiger partial charge is 0.0147 e. The summed E-state index contributed by atoms with van der Waals surface area (Å²) in [4.78, 5) is 2.60. The van der Waals surface area contributed by atoms with Crippen LogP contribution in [0.4, 0.5) is 0 Å². The molecule has 1 heterocycles. The Morgan fingerprint density at radius 3 is 2.77 bits per heavy atom. The molecular formula is C10H20BrNS. The quantitative estimate of drug-likeness (QED) is 0.723. The van der Waals surface area contributed by atoms with Gasteiger partial charge in [0.2, 0.25) is 0 Å². The molecule has 1 nitrogen and oxygen atoms in total. The lowest BCUT2D eigenvalue weighted by Crippen LogP contribution is -2.42. The van der Waals surface area contributed by atoms with E-state index in [1.807, 2.05) is 0 Å². The van der Waals surface area contributed by atoms with Crippen LogP contribution >= 0.6 is 27.7 Å². The van der Waals surface area contributed by atoms with E-state index in [9.17, 15) is 0 Å². The van der Waals surface area contributed by atoms with E-state index in [-0.39, 0.29) is 0 Å². The van der Waals surface area contributed by atoms with Crippen LogP contribution in [0.15, 0.2) is 0 Å². The van der Waals surface area contributed by atoms with Gasteiger partial charge in [-0.15, -0.1) is 0 Å². The van der Waals surface area contributed by atoms with Gasteiger partial charge in [0.05, 0.1) is 0 Å². The Labute approximate surface area is 94.8 Å². The van der Waals surface area contributed by atoms with E-state index in [1.54, 1.807) is 0 Å². The molecule has 1 atom stereocenters. The SMILES string of the molecule is CC1CN(CC(C)(C)CBr)CCS1. The van der Waals surface area contributed by atoms with E-state index in [0.29, 0.717) is 5.41 Å². The topological polar surface area (TPSA) is 3.24 Å². The third kappa shape index (κ3) is 4.22. The summed E-state index contributed by atoms with van der Waals surface area (Å²) in [6.45, 7) is 10.7. The lowest BCUT2D eigenvalue weighted by molar-refractivity contribution is 0.203. The zero-order chi connectivity index (χ0) is 9.90. The largest absolute Gasteiger partial charge is 0.301 e. The molecule has 0 amide bonds. The van der Waals surface area contributed by atoms with Crippen molar-refractivity contribution in [3.63, 3.8) is 0 Å². The van der Waals surface area contributed by atoms with Crippen molar-refractivity contribution in [2.75, 3.05) is 30.7 Å². The van der Waals surface area contributed by atoms with Crippen molar-refractivity contribution in [3.05, 3.63) is 0 Å². The van der Waals surface area contributed by atoms with Crippen LogP contribution in [0.25, 0.3) is 0 Å². The fourth-order valence-electron chi connectivity index (χ4n) is 1.68. The lowest BCUT2D eigenvalue weighted by atomic mass is 9.96. The van der Waals surface area contributed by atoms with Crippen molar-refractivity contribution in [1.82, 2.24) is 4.90 Å². The molecule has 78 valence electrons. The summed E-state index contributed by atoms with van der Waals surface area (Å²) in [6, 6.07) is 0. The summed E-state index contributed by atoms with van der Waals surface area (Å²) in [5, 5.41) is 1.91. The van der Waals surface area contributed by atoms with E-state index in [4.69, 9.17) is 0 Å². The number of alkyl halides is 1. The van der Waals surface area contributed by atoms with E-state index in [0.717, 1.165) is 10.6 Å². The van der Waals surface area contributed by atoms with Gasteiger partial charge in [-0.25, -0.2) is 0 Å². The van der Waals surface area contributed by atoms with Crippen molar-refractivity contribution < 1.29 is 0 Å². The average molecular weight is 266 g/mol. The Hall–Kier alpha value is 0.790. The van der Waals surface area contributed by atoms with Crippen molar-refractivity contribution in [2.45, 2.75) is 26.0 Å². The van der Waals surface area contributed by atoms with Crippen LogP contribution in [-0.4, -0.2) is 40.9 Å². The van der Waals surface area contributed by atoms with Gasteiger partial charge in [0.25, 0.3) is 0 Å². The second-order valence-electron chi connectivity index (χ2n) is 4.71. The molecular weight excluding hydrogens is 246 g/mol. The van der Waals surface area contributed by atoms with Crippen LogP contribution in [-0.2, 0) is 0 Å². The number of nitrogens with zero attached hydrogens (tertiary/aromatic N) is 1. The maximum Gasteiger partial charge on any atom is 0.0147 e. The molecule has 0 aliphatic carbocycles. The molecule has 1 aliphatic heterocycles. The monoisotopic (exact) mass is 265 g/mol. The Bertz CT molecular complexity index is 161. The summed E-state index contributed by atoms with van der Waals surface area (Å²) in [5.41, 5.74) is 0.418. The highest BCUT2D eigenvalue weighted by molar-refractivity contribution is 9.09. The molecule has 0 saturated carbocycles. The summed E-state index contributed by atoms with van der Waals surface area (Å²) < 4.78 is 0. The Kier molecular flexibility index (Phi) is 4.59. The van der Waals surface area contributed by atoms with Crippen LogP contribution in [0.1, 0.15) is 20.8 Å². The van der Waals surface area contributed by atoms with Crippen molar-refractivity contribution in [3.8, 4) is 0 Å². The minimum atomic E-state index is 0.418. The number of hydrogen-bond acceptors (Lipinski definition) is 2. The number of rotatable bonds is 3. The van der Waals surface area contributed by atoms with Crippen LogP contribution in [0, 0.1) is 5.41 Å². The van der Waals surface area contributed by atoms with E-state index in [2.05, 4.69) is 53.4 Å². The molecule has 0 N–H and O–H groups in total. The Balaban J connectivity index is 2.35. The first-order valence-electron chi connectivity index (χ1n) is 4.93. The molecule has 1 fully saturated rings. The van der Waals surface area contributed by atoms with E-state index < -0.39 is 0 Å². The first-order valence-corrected chi connectivity index (χ1v) is 7.10. The fraction of sp³-hybridized carbons (Fsp3) is 1.00. The third-order valence-corrected chi connectivity index (χ3v) is 4.99. The summed E-state index contributed by atoms with van der Waals surface area (Å²) in [6.07, 6.45) is 0. The molecule has 0 bridgehead atoms. The molecule has 0 aromatic rings. The molecule has 0 aromatic carbocycles. The van der Waals surface area contributed by atoms with E-state index >= 15 is 0 Å². The number of thioether (sulfide) groups is 1. The molecule has 1 rings (SSSR count). The van der Waals surface area contributed by atoms with Crippen molar-refractivity contribution in [1.29, 1.82) is 0 Å². The summed E-state index contributed by atoms with van der Waals surface area (Å²) >= 11 is 5.68. The lowest BCUT2D eigenvalue weighted by Gasteiger charge is -2.36. The molecule has 3 heteroatoms. The normalized spacial score (nSPS) is 26.3. The predicted molar refractivity (Wildman–Crippen MR) is 65.9 cm³/mol. The third-order valence-electron chi connectivity index (χ3n) is 2.34. The minimum absolute atomic E-state index is 0.418. The zero-order valence-electron chi connectivity index (χ0n) is 8.85. The van der Waals surface area contributed by atoms with Crippen molar-refractivity contribution >= 4 is 27.7 Å². The second kappa shape index (κ2) is 5.04.